The Morgan fingerprint density at radius 1 is 1.26 bits per heavy atom. The summed E-state index contributed by atoms with van der Waals surface area (Å²) in [5.74, 6) is 0.273. The number of nitriles is 1. The van der Waals surface area contributed by atoms with Crippen molar-refractivity contribution in [2.24, 2.45) is 0 Å². The molecule has 1 N–H and O–H groups in total. The van der Waals surface area contributed by atoms with Gasteiger partial charge in [-0.15, -0.1) is 6.58 Å². The van der Waals surface area contributed by atoms with Crippen molar-refractivity contribution in [2.75, 3.05) is 6.61 Å². The van der Waals surface area contributed by atoms with E-state index >= 15 is 0 Å². The minimum absolute atomic E-state index is 0.00179. The molecule has 0 fully saturated rings. The predicted octanol–water partition coefficient (Wildman–Crippen LogP) is 5.60. The number of hydrogen-bond donors (Lipinski definition) is 1. The van der Waals surface area contributed by atoms with E-state index in [4.69, 9.17) is 4.74 Å². The van der Waals surface area contributed by atoms with Crippen LogP contribution in [0.15, 0.2) is 49.1 Å². The molecule has 0 aliphatic rings. The molecule has 2 rings (SSSR count). The summed E-state index contributed by atoms with van der Waals surface area (Å²) >= 11 is 0. The number of alkyl halides is 3. The van der Waals surface area contributed by atoms with E-state index in [1.807, 2.05) is 6.07 Å². The molecule has 3 nitrogen and oxygen atoms in total. The van der Waals surface area contributed by atoms with Crippen molar-refractivity contribution in [3.05, 3.63) is 71.3 Å². The van der Waals surface area contributed by atoms with Gasteiger partial charge in [0, 0.05) is 5.56 Å². The third-order valence-corrected chi connectivity index (χ3v) is 3.79. The summed E-state index contributed by atoms with van der Waals surface area (Å²) in [5.41, 5.74) is 0.944. The van der Waals surface area contributed by atoms with Crippen molar-refractivity contribution >= 4 is 11.6 Å². The normalized spacial score (nSPS) is 11.7. The lowest BCUT2D eigenvalue weighted by Crippen LogP contribution is -2.04. The SMILES string of the molecule is C=CCc1cc(/C=C(/C#N)c2ccc(C(F)(F)F)cc2)cc(OCC)c1O. The van der Waals surface area contributed by atoms with E-state index in [1.165, 1.54) is 18.2 Å². The molecule has 27 heavy (non-hydrogen) atoms. The molecule has 0 aromatic heterocycles. The van der Waals surface area contributed by atoms with E-state index in [0.29, 0.717) is 29.7 Å². The predicted molar refractivity (Wildman–Crippen MR) is 98.1 cm³/mol. The quantitative estimate of drug-likeness (QED) is 0.407. The van der Waals surface area contributed by atoms with Gasteiger partial charge in [-0.3, -0.25) is 0 Å². The van der Waals surface area contributed by atoms with Crippen LogP contribution in [0.2, 0.25) is 0 Å². The maximum Gasteiger partial charge on any atom is 0.416 e. The molecule has 0 aliphatic carbocycles. The number of phenolic OH excluding ortho intramolecular Hbond substituents is 1. The first kappa shape index (κ1) is 20.1. The van der Waals surface area contributed by atoms with Crippen LogP contribution in [0.4, 0.5) is 13.2 Å². The van der Waals surface area contributed by atoms with E-state index < -0.39 is 11.7 Å². The first-order valence-corrected chi connectivity index (χ1v) is 8.19. The zero-order valence-electron chi connectivity index (χ0n) is 14.7. The lowest BCUT2D eigenvalue weighted by Gasteiger charge is -2.11. The van der Waals surface area contributed by atoms with Crippen LogP contribution in [0.3, 0.4) is 0 Å². The third-order valence-electron chi connectivity index (χ3n) is 3.79. The van der Waals surface area contributed by atoms with Gasteiger partial charge in [0.2, 0.25) is 0 Å². The van der Waals surface area contributed by atoms with Crippen LogP contribution in [0.5, 0.6) is 11.5 Å². The molecule has 0 atom stereocenters. The molecule has 0 radical (unpaired) electrons. The molecule has 0 saturated carbocycles. The number of benzene rings is 2. The van der Waals surface area contributed by atoms with Crippen LogP contribution in [-0.4, -0.2) is 11.7 Å². The van der Waals surface area contributed by atoms with Gasteiger partial charge in [-0.2, -0.15) is 18.4 Å². The molecule has 6 heteroatoms. The maximum absolute atomic E-state index is 12.7. The lowest BCUT2D eigenvalue weighted by atomic mass is 10.00. The molecular weight excluding hydrogens is 355 g/mol. The summed E-state index contributed by atoms with van der Waals surface area (Å²) in [5, 5.41) is 19.7. The van der Waals surface area contributed by atoms with Crippen molar-refractivity contribution in [3.63, 3.8) is 0 Å². The summed E-state index contributed by atoms with van der Waals surface area (Å²) < 4.78 is 43.5. The standard InChI is InChI=1S/C21H18F3NO2/c1-3-5-16-10-14(12-19(20(16)26)27-4-2)11-17(13-25)15-6-8-18(9-7-15)21(22,23)24/h3,6-12,26H,1,4-5H2,2H3/b17-11-. The second-order valence-electron chi connectivity index (χ2n) is 5.70. The van der Waals surface area contributed by atoms with Crippen LogP contribution in [-0.2, 0) is 12.6 Å². The van der Waals surface area contributed by atoms with E-state index in [-0.39, 0.29) is 17.1 Å². The van der Waals surface area contributed by atoms with Crippen LogP contribution in [0.25, 0.3) is 11.6 Å². The Labute approximate surface area is 155 Å². The van der Waals surface area contributed by atoms with Crippen LogP contribution in [0.1, 0.15) is 29.2 Å². The second-order valence-corrected chi connectivity index (χ2v) is 5.70. The van der Waals surface area contributed by atoms with Crippen molar-refractivity contribution < 1.29 is 23.0 Å². The number of aromatic hydroxyl groups is 1. The Kier molecular flexibility index (Phi) is 6.30. The van der Waals surface area contributed by atoms with E-state index in [9.17, 15) is 23.5 Å². The molecular formula is C21H18F3NO2. The first-order chi connectivity index (χ1) is 12.8. The molecule has 2 aromatic carbocycles. The number of nitrogens with zero attached hydrogens (tertiary/aromatic N) is 1. The van der Waals surface area contributed by atoms with Gasteiger partial charge in [-0.05, 0) is 54.8 Å². The molecule has 0 saturated heterocycles. The van der Waals surface area contributed by atoms with Gasteiger partial charge in [0.25, 0.3) is 0 Å². The first-order valence-electron chi connectivity index (χ1n) is 8.19. The van der Waals surface area contributed by atoms with Gasteiger partial charge in [0.05, 0.1) is 23.8 Å². The average Bonchev–Trinajstić information content (AvgIpc) is 2.63. The number of ether oxygens (including phenoxy) is 1. The Morgan fingerprint density at radius 2 is 1.93 bits per heavy atom. The smallest absolute Gasteiger partial charge is 0.416 e. The third kappa shape index (κ3) is 4.91. The topological polar surface area (TPSA) is 53.2 Å². The maximum atomic E-state index is 12.7. The number of phenols is 1. The Morgan fingerprint density at radius 3 is 2.44 bits per heavy atom. The highest BCUT2D eigenvalue weighted by Crippen LogP contribution is 2.34. The molecule has 0 amide bonds. The summed E-state index contributed by atoms with van der Waals surface area (Å²) in [4.78, 5) is 0. The molecule has 140 valence electrons. The number of hydrogen-bond acceptors (Lipinski definition) is 3. The Bertz CT molecular complexity index is 891. The fourth-order valence-corrected chi connectivity index (χ4v) is 2.53. The van der Waals surface area contributed by atoms with Gasteiger partial charge < -0.3 is 9.84 Å². The largest absolute Gasteiger partial charge is 0.504 e. The molecule has 0 heterocycles. The van der Waals surface area contributed by atoms with E-state index in [2.05, 4.69) is 6.58 Å². The van der Waals surface area contributed by atoms with Crippen LogP contribution < -0.4 is 4.74 Å². The molecule has 0 unspecified atom stereocenters. The highest BCUT2D eigenvalue weighted by molar-refractivity contribution is 5.90. The summed E-state index contributed by atoms with van der Waals surface area (Å²) in [6, 6.07) is 9.64. The Hall–Kier alpha value is -3.20. The van der Waals surface area contributed by atoms with Crippen molar-refractivity contribution in [1.29, 1.82) is 5.26 Å². The molecule has 0 spiro atoms. The molecule has 0 bridgehead atoms. The van der Waals surface area contributed by atoms with Gasteiger partial charge in [0.1, 0.15) is 0 Å². The van der Waals surface area contributed by atoms with Crippen molar-refractivity contribution in [3.8, 4) is 17.6 Å². The highest BCUT2D eigenvalue weighted by Gasteiger charge is 2.30. The second kappa shape index (κ2) is 8.45. The fourth-order valence-electron chi connectivity index (χ4n) is 2.53. The monoisotopic (exact) mass is 373 g/mol. The van der Waals surface area contributed by atoms with Gasteiger partial charge >= 0.3 is 6.18 Å². The van der Waals surface area contributed by atoms with Gasteiger partial charge in [0.15, 0.2) is 11.5 Å². The van der Waals surface area contributed by atoms with Crippen LogP contribution in [0, 0.1) is 11.3 Å². The number of allylic oxidation sites excluding steroid dienone is 2. The average molecular weight is 373 g/mol. The minimum atomic E-state index is -4.43. The zero-order chi connectivity index (χ0) is 20.0. The number of rotatable bonds is 6. The highest BCUT2D eigenvalue weighted by atomic mass is 19.4. The molecule has 0 aliphatic heterocycles. The van der Waals surface area contributed by atoms with Crippen molar-refractivity contribution in [2.45, 2.75) is 19.5 Å². The lowest BCUT2D eigenvalue weighted by molar-refractivity contribution is -0.137. The van der Waals surface area contributed by atoms with Crippen LogP contribution >= 0.6 is 0 Å². The number of halogens is 3. The zero-order valence-corrected chi connectivity index (χ0v) is 14.7. The molecule has 2 aromatic rings. The van der Waals surface area contributed by atoms with Gasteiger partial charge in [-0.1, -0.05) is 18.2 Å². The summed E-state index contributed by atoms with van der Waals surface area (Å²) in [6.45, 7) is 5.76. The minimum Gasteiger partial charge on any atom is -0.504 e. The Balaban J connectivity index is 2.48. The summed E-state index contributed by atoms with van der Waals surface area (Å²) in [7, 11) is 0. The fraction of sp³-hybridized carbons (Fsp3) is 0.190. The van der Waals surface area contributed by atoms with Crippen molar-refractivity contribution in [1.82, 2.24) is 0 Å². The van der Waals surface area contributed by atoms with E-state index in [0.717, 1.165) is 12.1 Å². The van der Waals surface area contributed by atoms with Gasteiger partial charge in [-0.25, -0.2) is 0 Å². The van der Waals surface area contributed by atoms with E-state index in [1.54, 1.807) is 25.1 Å². The summed E-state index contributed by atoms with van der Waals surface area (Å²) in [6.07, 6.45) is -0.871.